The van der Waals surface area contributed by atoms with Gasteiger partial charge in [0.15, 0.2) is 0 Å². The van der Waals surface area contributed by atoms with Gasteiger partial charge >= 0.3 is 0 Å². The fraction of sp³-hybridized carbons (Fsp3) is 1.00. The summed E-state index contributed by atoms with van der Waals surface area (Å²) in [6.07, 6.45) is 7.21. The van der Waals surface area contributed by atoms with Crippen LogP contribution in [0.2, 0.25) is 0 Å². The van der Waals surface area contributed by atoms with Crippen molar-refractivity contribution in [2.24, 2.45) is 23.7 Å². The standard InChI is InChI=1S/C15H28N2O2S/c1-11-5-7-17(8-6-11)20(18,19)16-12(2)15-10-13-3-4-14(15)9-13/h11-16H,3-10H2,1-2H3/t12-,13-,14-,15+/m0/s1. The number of fused-ring (bicyclic) bond motifs is 2. The summed E-state index contributed by atoms with van der Waals surface area (Å²) in [4.78, 5) is 0. The van der Waals surface area contributed by atoms with Crippen LogP contribution in [0, 0.1) is 23.7 Å². The minimum absolute atomic E-state index is 0.0923. The Morgan fingerprint density at radius 2 is 1.80 bits per heavy atom. The Bertz CT molecular complexity index is 443. The Labute approximate surface area is 123 Å². The van der Waals surface area contributed by atoms with Gasteiger partial charge in [-0.1, -0.05) is 13.3 Å². The van der Waals surface area contributed by atoms with Crippen molar-refractivity contribution in [1.82, 2.24) is 9.03 Å². The number of nitrogens with zero attached hydrogens (tertiary/aromatic N) is 1. The molecule has 1 N–H and O–H groups in total. The lowest BCUT2D eigenvalue weighted by molar-refractivity contribution is 0.261. The lowest BCUT2D eigenvalue weighted by Gasteiger charge is -2.33. The van der Waals surface area contributed by atoms with E-state index in [9.17, 15) is 8.42 Å². The Morgan fingerprint density at radius 3 is 2.35 bits per heavy atom. The molecule has 3 fully saturated rings. The average Bonchev–Trinajstić information content (AvgIpc) is 3.01. The molecule has 3 rings (SSSR count). The average molecular weight is 300 g/mol. The van der Waals surface area contributed by atoms with Crippen molar-refractivity contribution in [3.05, 3.63) is 0 Å². The van der Waals surface area contributed by atoms with Crippen LogP contribution in [0.15, 0.2) is 0 Å². The summed E-state index contributed by atoms with van der Waals surface area (Å²) in [5, 5.41) is 0. The van der Waals surface area contributed by atoms with Gasteiger partial charge < -0.3 is 0 Å². The highest BCUT2D eigenvalue weighted by atomic mass is 32.2. The predicted octanol–water partition coefficient (Wildman–Crippen LogP) is 2.38. The summed E-state index contributed by atoms with van der Waals surface area (Å²) in [6, 6.07) is 0.0923. The maximum absolute atomic E-state index is 12.5. The summed E-state index contributed by atoms with van der Waals surface area (Å²) >= 11 is 0. The van der Waals surface area contributed by atoms with Crippen LogP contribution < -0.4 is 4.72 Å². The van der Waals surface area contributed by atoms with Gasteiger partial charge in [0.1, 0.15) is 0 Å². The van der Waals surface area contributed by atoms with Crippen molar-refractivity contribution in [2.45, 2.75) is 58.4 Å². The van der Waals surface area contributed by atoms with Gasteiger partial charge in [-0.3, -0.25) is 0 Å². The van der Waals surface area contributed by atoms with Gasteiger partial charge in [-0.05, 0) is 62.7 Å². The Morgan fingerprint density at radius 1 is 1.10 bits per heavy atom. The van der Waals surface area contributed by atoms with Gasteiger partial charge in [-0.2, -0.15) is 17.4 Å². The first-order valence-corrected chi connectivity index (χ1v) is 9.67. The molecule has 0 aromatic heterocycles. The first-order chi connectivity index (χ1) is 9.45. The molecule has 116 valence electrons. The summed E-state index contributed by atoms with van der Waals surface area (Å²) in [7, 11) is -3.28. The predicted molar refractivity (Wildman–Crippen MR) is 80.4 cm³/mol. The fourth-order valence-corrected chi connectivity index (χ4v) is 6.01. The van der Waals surface area contributed by atoms with Crippen LogP contribution in [0.4, 0.5) is 0 Å². The molecule has 0 amide bonds. The van der Waals surface area contributed by atoms with E-state index in [2.05, 4.69) is 18.6 Å². The zero-order valence-electron chi connectivity index (χ0n) is 12.7. The van der Waals surface area contributed by atoms with E-state index in [1.807, 2.05) is 0 Å². The van der Waals surface area contributed by atoms with E-state index >= 15 is 0 Å². The third-order valence-corrected chi connectivity index (χ3v) is 7.57. The van der Waals surface area contributed by atoms with Crippen LogP contribution in [0.3, 0.4) is 0 Å². The third kappa shape index (κ3) is 2.90. The van der Waals surface area contributed by atoms with E-state index in [0.717, 1.165) is 24.7 Å². The van der Waals surface area contributed by atoms with Crippen LogP contribution in [-0.4, -0.2) is 31.9 Å². The lowest BCUT2D eigenvalue weighted by atomic mass is 9.84. The second-order valence-corrected chi connectivity index (χ2v) is 9.03. The number of hydrogen-bond donors (Lipinski definition) is 1. The van der Waals surface area contributed by atoms with Gasteiger partial charge in [0.05, 0.1) is 0 Å². The summed E-state index contributed by atoms with van der Waals surface area (Å²) in [6.45, 7) is 5.63. The Balaban J connectivity index is 1.58. The lowest BCUT2D eigenvalue weighted by Crippen LogP contribution is -2.49. The number of hydrogen-bond acceptors (Lipinski definition) is 2. The molecule has 1 saturated heterocycles. The molecule has 20 heavy (non-hydrogen) atoms. The molecular weight excluding hydrogens is 272 g/mol. The van der Waals surface area contributed by atoms with Crippen LogP contribution in [0.25, 0.3) is 0 Å². The van der Waals surface area contributed by atoms with Crippen LogP contribution >= 0.6 is 0 Å². The minimum Gasteiger partial charge on any atom is -0.199 e. The van der Waals surface area contributed by atoms with Crippen molar-refractivity contribution in [3.8, 4) is 0 Å². The van der Waals surface area contributed by atoms with Crippen molar-refractivity contribution in [2.75, 3.05) is 13.1 Å². The highest BCUT2D eigenvalue weighted by Crippen LogP contribution is 2.49. The molecule has 2 saturated carbocycles. The van der Waals surface area contributed by atoms with E-state index in [0.29, 0.717) is 24.9 Å². The molecular formula is C15H28N2O2S. The van der Waals surface area contributed by atoms with Crippen LogP contribution in [-0.2, 0) is 10.2 Å². The van der Waals surface area contributed by atoms with Gasteiger partial charge in [0.2, 0.25) is 0 Å². The largest absolute Gasteiger partial charge is 0.279 e. The van der Waals surface area contributed by atoms with Crippen LogP contribution in [0.5, 0.6) is 0 Å². The van der Waals surface area contributed by atoms with Crippen molar-refractivity contribution >= 4 is 10.2 Å². The molecule has 1 aliphatic heterocycles. The molecule has 4 nitrogen and oxygen atoms in total. The summed E-state index contributed by atoms with van der Waals surface area (Å²) in [5.74, 6) is 2.85. The maximum atomic E-state index is 12.5. The van der Waals surface area contributed by atoms with E-state index in [1.165, 1.54) is 25.7 Å². The van der Waals surface area contributed by atoms with Crippen molar-refractivity contribution in [1.29, 1.82) is 0 Å². The molecule has 0 aromatic rings. The van der Waals surface area contributed by atoms with E-state index < -0.39 is 10.2 Å². The zero-order chi connectivity index (χ0) is 14.3. The number of nitrogens with one attached hydrogen (secondary N) is 1. The maximum Gasteiger partial charge on any atom is 0.279 e. The highest BCUT2D eigenvalue weighted by Gasteiger charge is 2.43. The first-order valence-electron chi connectivity index (χ1n) is 8.23. The monoisotopic (exact) mass is 300 g/mol. The summed E-state index contributed by atoms with van der Waals surface area (Å²) < 4.78 is 29.6. The number of piperidine rings is 1. The topological polar surface area (TPSA) is 49.4 Å². The SMILES string of the molecule is CC1CCN(S(=O)(=O)N[C@@H](C)[C@H]2C[C@H]3CC[C@H]2C3)CC1. The Kier molecular flexibility index (Phi) is 4.13. The molecule has 0 radical (unpaired) electrons. The van der Waals surface area contributed by atoms with Gasteiger partial charge in [-0.25, -0.2) is 0 Å². The van der Waals surface area contributed by atoms with Crippen LogP contribution in [0.1, 0.15) is 52.4 Å². The molecule has 4 atom stereocenters. The molecule has 0 unspecified atom stereocenters. The van der Waals surface area contributed by atoms with E-state index in [4.69, 9.17) is 0 Å². The second kappa shape index (κ2) is 5.58. The van der Waals surface area contributed by atoms with Gasteiger partial charge in [0, 0.05) is 19.1 Å². The molecule has 1 heterocycles. The quantitative estimate of drug-likeness (QED) is 0.866. The number of rotatable bonds is 4. The fourth-order valence-electron chi connectivity index (χ4n) is 4.53. The van der Waals surface area contributed by atoms with Gasteiger partial charge in [-0.15, -0.1) is 0 Å². The highest BCUT2D eigenvalue weighted by molar-refractivity contribution is 7.87. The molecule has 0 spiro atoms. The molecule has 0 aromatic carbocycles. The smallest absolute Gasteiger partial charge is 0.199 e. The first kappa shape index (κ1) is 14.8. The van der Waals surface area contributed by atoms with E-state index in [-0.39, 0.29) is 6.04 Å². The molecule has 3 aliphatic rings. The molecule has 5 heteroatoms. The molecule has 2 aliphatic carbocycles. The van der Waals surface area contributed by atoms with Crippen molar-refractivity contribution in [3.63, 3.8) is 0 Å². The Hall–Kier alpha value is -0.130. The third-order valence-electron chi connectivity index (χ3n) is 5.85. The normalized spacial score (nSPS) is 37.4. The van der Waals surface area contributed by atoms with E-state index in [1.54, 1.807) is 4.31 Å². The summed E-state index contributed by atoms with van der Waals surface area (Å²) in [5.41, 5.74) is 0. The van der Waals surface area contributed by atoms with Crippen molar-refractivity contribution < 1.29 is 8.42 Å². The second-order valence-electron chi connectivity index (χ2n) is 7.33. The van der Waals surface area contributed by atoms with Gasteiger partial charge in [0.25, 0.3) is 10.2 Å². The minimum atomic E-state index is -3.28. The zero-order valence-corrected chi connectivity index (χ0v) is 13.5. The molecule has 2 bridgehead atoms.